The van der Waals surface area contributed by atoms with Crippen molar-refractivity contribution < 1.29 is 14.3 Å². The third kappa shape index (κ3) is 5.94. The van der Waals surface area contributed by atoms with Gasteiger partial charge in [-0.05, 0) is 44.7 Å². The molecular weight excluding hydrogens is 344 g/mol. The highest BCUT2D eigenvalue weighted by Gasteiger charge is 2.26. The first-order valence-electron chi connectivity index (χ1n) is 9.31. The van der Waals surface area contributed by atoms with Gasteiger partial charge in [0.15, 0.2) is 0 Å². The minimum absolute atomic E-state index is 0.144. The number of hydrogen-bond donors (Lipinski definition) is 1. The number of aromatic nitrogens is 1. The molecule has 1 heterocycles. The highest BCUT2D eigenvalue weighted by molar-refractivity contribution is 5.85. The fraction of sp³-hybridized carbons (Fsp3) is 0.476. The average Bonchev–Trinajstić information content (AvgIpc) is 2.59. The summed E-state index contributed by atoms with van der Waals surface area (Å²) in [5.74, 6) is -0.838. The van der Waals surface area contributed by atoms with Crippen LogP contribution in [-0.2, 0) is 20.9 Å². The van der Waals surface area contributed by atoms with E-state index in [-0.39, 0.29) is 18.0 Å². The van der Waals surface area contributed by atoms with E-state index >= 15 is 0 Å². The van der Waals surface area contributed by atoms with Gasteiger partial charge in [0.05, 0.1) is 0 Å². The Balaban J connectivity index is 2.12. The van der Waals surface area contributed by atoms with Gasteiger partial charge in [0.1, 0.15) is 18.2 Å². The standard InChI is InChI=1S/C21H28N2O4/c1-5-6-11-17(20(26)27-21(2,3)4)22-18(24)14-23-13-12-15-9-7-8-10-16(15)19(23)25/h7-10,12-13,17H,5-6,11,14H2,1-4H3,(H,22,24). The second-order valence-corrected chi connectivity index (χ2v) is 7.63. The number of pyridine rings is 1. The molecule has 6 nitrogen and oxygen atoms in total. The van der Waals surface area contributed by atoms with Crippen LogP contribution in [0.15, 0.2) is 41.3 Å². The number of rotatable bonds is 7. The van der Waals surface area contributed by atoms with Gasteiger partial charge in [-0.2, -0.15) is 0 Å². The summed E-state index contributed by atoms with van der Waals surface area (Å²) in [4.78, 5) is 37.4. The fourth-order valence-electron chi connectivity index (χ4n) is 2.78. The van der Waals surface area contributed by atoms with Crippen LogP contribution in [0.25, 0.3) is 10.8 Å². The van der Waals surface area contributed by atoms with Crippen LogP contribution in [0.2, 0.25) is 0 Å². The predicted octanol–water partition coefficient (Wildman–Crippen LogP) is 3.02. The van der Waals surface area contributed by atoms with E-state index in [1.807, 2.05) is 19.1 Å². The summed E-state index contributed by atoms with van der Waals surface area (Å²) in [7, 11) is 0. The lowest BCUT2D eigenvalue weighted by molar-refractivity contribution is -0.159. The fourth-order valence-corrected chi connectivity index (χ4v) is 2.78. The first-order valence-corrected chi connectivity index (χ1v) is 9.31. The second-order valence-electron chi connectivity index (χ2n) is 7.63. The van der Waals surface area contributed by atoms with E-state index in [1.54, 1.807) is 45.2 Å². The molecule has 1 atom stereocenters. The number of unbranched alkanes of at least 4 members (excludes halogenated alkanes) is 1. The van der Waals surface area contributed by atoms with Crippen LogP contribution in [0.3, 0.4) is 0 Å². The van der Waals surface area contributed by atoms with E-state index < -0.39 is 17.6 Å². The Kier molecular flexibility index (Phi) is 6.77. The Hall–Kier alpha value is -2.63. The normalized spacial score (nSPS) is 12.6. The van der Waals surface area contributed by atoms with E-state index in [9.17, 15) is 14.4 Å². The van der Waals surface area contributed by atoms with Crippen LogP contribution in [-0.4, -0.2) is 28.1 Å². The molecule has 6 heteroatoms. The molecule has 0 aliphatic heterocycles. The van der Waals surface area contributed by atoms with E-state index in [4.69, 9.17) is 4.74 Å². The minimum atomic E-state index is -0.715. The zero-order valence-corrected chi connectivity index (χ0v) is 16.5. The van der Waals surface area contributed by atoms with Gasteiger partial charge in [-0.15, -0.1) is 0 Å². The quantitative estimate of drug-likeness (QED) is 0.758. The van der Waals surface area contributed by atoms with Gasteiger partial charge in [0, 0.05) is 11.6 Å². The zero-order chi connectivity index (χ0) is 20.0. The first kappa shape index (κ1) is 20.7. The van der Waals surface area contributed by atoms with E-state index in [2.05, 4.69) is 5.32 Å². The summed E-state index contributed by atoms with van der Waals surface area (Å²) in [6, 6.07) is 8.32. The average molecular weight is 372 g/mol. The Morgan fingerprint density at radius 1 is 1.19 bits per heavy atom. The van der Waals surface area contributed by atoms with Crippen molar-refractivity contribution in [3.63, 3.8) is 0 Å². The number of esters is 1. The molecule has 0 bridgehead atoms. The molecule has 0 aliphatic carbocycles. The van der Waals surface area contributed by atoms with Gasteiger partial charge in [0.2, 0.25) is 5.91 Å². The smallest absolute Gasteiger partial charge is 0.329 e. The lowest BCUT2D eigenvalue weighted by Crippen LogP contribution is -2.45. The van der Waals surface area contributed by atoms with Crippen molar-refractivity contribution in [1.29, 1.82) is 0 Å². The van der Waals surface area contributed by atoms with Gasteiger partial charge < -0.3 is 14.6 Å². The summed E-state index contributed by atoms with van der Waals surface area (Å²) in [5.41, 5.74) is -0.854. The number of hydrogen-bond acceptors (Lipinski definition) is 4. The largest absolute Gasteiger partial charge is 0.458 e. The molecule has 0 fully saturated rings. The molecule has 1 N–H and O–H groups in total. The third-order valence-corrected chi connectivity index (χ3v) is 4.07. The number of carbonyl (C=O) groups excluding carboxylic acids is 2. The first-order chi connectivity index (χ1) is 12.7. The van der Waals surface area contributed by atoms with Crippen molar-refractivity contribution in [3.05, 3.63) is 46.9 Å². The Morgan fingerprint density at radius 2 is 1.89 bits per heavy atom. The molecular formula is C21H28N2O4. The summed E-state index contributed by atoms with van der Waals surface area (Å²) >= 11 is 0. The van der Waals surface area contributed by atoms with Crippen LogP contribution in [0.4, 0.5) is 0 Å². The van der Waals surface area contributed by atoms with Crippen LogP contribution in [0.1, 0.15) is 47.0 Å². The van der Waals surface area contributed by atoms with Crippen molar-refractivity contribution in [1.82, 2.24) is 9.88 Å². The summed E-state index contributed by atoms with van der Waals surface area (Å²) < 4.78 is 6.76. The highest BCUT2D eigenvalue weighted by Crippen LogP contribution is 2.12. The number of carbonyl (C=O) groups is 2. The predicted molar refractivity (Wildman–Crippen MR) is 106 cm³/mol. The summed E-state index contributed by atoms with van der Waals surface area (Å²) in [5, 5.41) is 4.11. The van der Waals surface area contributed by atoms with Gasteiger partial charge >= 0.3 is 5.97 Å². The maximum absolute atomic E-state index is 12.5. The van der Waals surface area contributed by atoms with E-state index in [1.165, 1.54) is 4.57 Å². The number of benzene rings is 1. The molecule has 1 aromatic carbocycles. The molecule has 2 rings (SSSR count). The van der Waals surface area contributed by atoms with Crippen molar-refractivity contribution in [2.45, 2.75) is 65.1 Å². The van der Waals surface area contributed by atoms with Gasteiger partial charge in [-0.1, -0.05) is 38.0 Å². The summed E-state index contributed by atoms with van der Waals surface area (Å²) in [6.07, 6.45) is 3.79. The van der Waals surface area contributed by atoms with E-state index in [0.29, 0.717) is 11.8 Å². The van der Waals surface area contributed by atoms with Crippen LogP contribution >= 0.6 is 0 Å². The number of nitrogens with one attached hydrogen (secondary N) is 1. The Labute approximate surface area is 159 Å². The Bertz CT molecular complexity index is 864. The molecule has 0 aliphatic rings. The number of fused-ring (bicyclic) bond motifs is 1. The molecule has 1 aromatic heterocycles. The molecule has 0 saturated carbocycles. The molecule has 1 amide bonds. The van der Waals surface area contributed by atoms with Crippen molar-refractivity contribution in [2.24, 2.45) is 0 Å². The maximum Gasteiger partial charge on any atom is 0.329 e. The Morgan fingerprint density at radius 3 is 2.56 bits per heavy atom. The maximum atomic E-state index is 12.5. The molecule has 146 valence electrons. The minimum Gasteiger partial charge on any atom is -0.458 e. The van der Waals surface area contributed by atoms with Crippen molar-refractivity contribution >= 4 is 22.6 Å². The van der Waals surface area contributed by atoms with Crippen LogP contribution in [0, 0.1) is 0 Å². The molecule has 2 aromatic rings. The second kappa shape index (κ2) is 8.84. The molecule has 27 heavy (non-hydrogen) atoms. The highest BCUT2D eigenvalue weighted by atomic mass is 16.6. The number of nitrogens with zero attached hydrogens (tertiary/aromatic N) is 1. The van der Waals surface area contributed by atoms with Crippen LogP contribution < -0.4 is 10.9 Å². The zero-order valence-electron chi connectivity index (χ0n) is 16.5. The molecule has 0 radical (unpaired) electrons. The third-order valence-electron chi connectivity index (χ3n) is 4.07. The monoisotopic (exact) mass is 372 g/mol. The number of amides is 1. The lowest BCUT2D eigenvalue weighted by Gasteiger charge is -2.24. The lowest BCUT2D eigenvalue weighted by atomic mass is 10.1. The summed E-state index contributed by atoms with van der Waals surface area (Å²) in [6.45, 7) is 7.24. The van der Waals surface area contributed by atoms with Crippen molar-refractivity contribution in [3.8, 4) is 0 Å². The molecule has 0 spiro atoms. The molecule has 1 unspecified atom stereocenters. The topological polar surface area (TPSA) is 77.4 Å². The number of ether oxygens (including phenoxy) is 1. The molecule has 0 saturated heterocycles. The van der Waals surface area contributed by atoms with Crippen LogP contribution in [0.5, 0.6) is 0 Å². The van der Waals surface area contributed by atoms with Gasteiger partial charge in [-0.25, -0.2) is 4.79 Å². The SMILES string of the molecule is CCCCC(NC(=O)Cn1ccc2ccccc2c1=O)C(=O)OC(C)(C)C. The van der Waals surface area contributed by atoms with Gasteiger partial charge in [0.25, 0.3) is 5.56 Å². The van der Waals surface area contributed by atoms with Crippen molar-refractivity contribution in [2.75, 3.05) is 0 Å². The van der Waals surface area contributed by atoms with E-state index in [0.717, 1.165) is 18.2 Å². The van der Waals surface area contributed by atoms with Gasteiger partial charge in [-0.3, -0.25) is 9.59 Å².